The Morgan fingerprint density at radius 3 is 1.65 bits per heavy atom. The molecule has 2 heterocycles. The number of aliphatic hydroxyl groups excluding tert-OH is 2. The lowest BCUT2D eigenvalue weighted by Crippen LogP contribution is -2.33. The molecule has 3 unspecified atom stereocenters. The van der Waals surface area contributed by atoms with E-state index in [4.69, 9.17) is 9.84 Å². The Hall–Kier alpha value is -4.64. The number of ether oxygens (including phenoxy) is 3. The number of aliphatic hydroxyl groups is 2. The van der Waals surface area contributed by atoms with Crippen molar-refractivity contribution in [1.29, 1.82) is 0 Å². The summed E-state index contributed by atoms with van der Waals surface area (Å²) in [6, 6.07) is 11.1. The van der Waals surface area contributed by atoms with Gasteiger partial charge in [-0.15, -0.1) is 0 Å². The van der Waals surface area contributed by atoms with Crippen LogP contribution in [0.1, 0.15) is 32.1 Å². The molecule has 4 rings (SSSR count). The van der Waals surface area contributed by atoms with E-state index in [0.29, 0.717) is 16.9 Å². The third-order valence-corrected chi connectivity index (χ3v) is 9.19. The second kappa shape index (κ2) is 19.7. The van der Waals surface area contributed by atoms with Gasteiger partial charge in [-0.05, 0) is 69.3 Å². The van der Waals surface area contributed by atoms with Crippen molar-refractivity contribution in [2.75, 3.05) is 44.7 Å². The Morgan fingerprint density at radius 2 is 1.29 bits per heavy atom. The topological polar surface area (TPSA) is 268 Å². The number of aryl methyl sites for hydroxylation is 1. The molecule has 5 N–H and O–H groups in total. The maximum atomic E-state index is 11.6. The molecule has 0 bridgehead atoms. The molecule has 2 aromatic carbocycles. The van der Waals surface area contributed by atoms with E-state index in [0.717, 1.165) is 14.2 Å². The summed E-state index contributed by atoms with van der Waals surface area (Å²) in [5.74, 6) is 0. The molecule has 0 radical (unpaired) electrons. The Labute approximate surface area is 293 Å². The second-order valence-corrected chi connectivity index (χ2v) is 13.5. The van der Waals surface area contributed by atoms with Crippen molar-refractivity contribution in [2.45, 2.75) is 55.4 Å². The summed E-state index contributed by atoms with van der Waals surface area (Å²) in [6.45, 7) is 5.17. The quantitative estimate of drug-likeness (QED) is 0.184. The minimum Gasteiger partial charge on any atom is -0.450 e. The molecule has 0 saturated carbocycles. The molecule has 21 heteroatoms. The molecule has 1 fully saturated rings. The van der Waals surface area contributed by atoms with Crippen LogP contribution in [0.3, 0.4) is 0 Å². The van der Waals surface area contributed by atoms with Crippen molar-refractivity contribution in [1.82, 2.24) is 9.55 Å². The summed E-state index contributed by atoms with van der Waals surface area (Å²) in [5.41, 5.74) is 0.243. The highest BCUT2D eigenvalue weighted by Crippen LogP contribution is 2.27. The van der Waals surface area contributed by atoms with Crippen molar-refractivity contribution < 1.29 is 59.2 Å². The van der Waals surface area contributed by atoms with E-state index in [-0.39, 0.29) is 36.0 Å². The van der Waals surface area contributed by atoms with Gasteiger partial charge in [0.25, 0.3) is 25.8 Å². The smallest absolute Gasteiger partial charge is 0.411 e. The van der Waals surface area contributed by atoms with Crippen LogP contribution < -0.4 is 21.9 Å². The average Bonchev–Trinajstić information content (AvgIpc) is 3.47. The van der Waals surface area contributed by atoms with E-state index in [1.54, 1.807) is 20.8 Å². The summed E-state index contributed by atoms with van der Waals surface area (Å²) < 4.78 is 69.8. The first-order valence-corrected chi connectivity index (χ1v) is 17.8. The van der Waals surface area contributed by atoms with Crippen LogP contribution in [0.25, 0.3) is 0 Å². The molecule has 2 amide bonds. The van der Waals surface area contributed by atoms with E-state index in [1.807, 2.05) is 0 Å². The third kappa shape index (κ3) is 12.9. The minimum atomic E-state index is -3.70. The number of rotatable bonds is 10. The second-order valence-electron chi connectivity index (χ2n) is 10.1. The van der Waals surface area contributed by atoms with Crippen molar-refractivity contribution in [2.24, 2.45) is 0 Å². The molecule has 3 aromatic rings. The fraction of sp³-hybridized carbons (Fsp3) is 0.400. The maximum absolute atomic E-state index is 11.6. The number of aromatic amines is 1. The predicted molar refractivity (Wildman–Crippen MR) is 180 cm³/mol. The van der Waals surface area contributed by atoms with Crippen LogP contribution in [-0.4, -0.2) is 95.0 Å². The minimum absolute atomic E-state index is 0.0226. The van der Waals surface area contributed by atoms with Crippen LogP contribution in [0.2, 0.25) is 0 Å². The summed E-state index contributed by atoms with van der Waals surface area (Å²) in [5, 5.41) is 23.4. The fourth-order valence-corrected chi connectivity index (χ4v) is 5.35. The van der Waals surface area contributed by atoms with Crippen molar-refractivity contribution >= 4 is 43.8 Å². The van der Waals surface area contributed by atoms with Crippen LogP contribution >= 0.6 is 0 Å². The van der Waals surface area contributed by atoms with Crippen molar-refractivity contribution in [3.8, 4) is 0 Å². The van der Waals surface area contributed by atoms with Crippen LogP contribution in [-0.2, 0) is 42.8 Å². The van der Waals surface area contributed by atoms with Gasteiger partial charge in [-0.25, -0.2) is 14.4 Å². The molecule has 1 saturated heterocycles. The van der Waals surface area contributed by atoms with Crippen LogP contribution in [0.4, 0.5) is 21.0 Å². The number of nitrogens with one attached hydrogen (secondary N) is 3. The number of hydrogen-bond acceptors (Lipinski definition) is 15. The molecular weight excluding hydrogens is 720 g/mol. The zero-order valence-electron chi connectivity index (χ0n) is 28.2. The molecule has 0 spiro atoms. The van der Waals surface area contributed by atoms with Gasteiger partial charge in [-0.2, -0.15) is 16.8 Å². The number of nitrogens with zero attached hydrogens (tertiary/aromatic N) is 1. The molecule has 1 aliphatic rings. The van der Waals surface area contributed by atoms with Crippen LogP contribution in [0.15, 0.2) is 74.1 Å². The summed E-state index contributed by atoms with van der Waals surface area (Å²) in [4.78, 5) is 47.1. The third-order valence-electron chi connectivity index (χ3n) is 6.61. The highest BCUT2D eigenvalue weighted by molar-refractivity contribution is 7.87. The van der Waals surface area contributed by atoms with Gasteiger partial charge in [0.15, 0.2) is 0 Å². The van der Waals surface area contributed by atoms with Gasteiger partial charge in [0.2, 0.25) is 0 Å². The molecule has 282 valence electrons. The van der Waals surface area contributed by atoms with Crippen LogP contribution in [0, 0.1) is 6.92 Å². The maximum Gasteiger partial charge on any atom is 0.411 e. The lowest BCUT2D eigenvalue weighted by atomic mass is 10.2. The number of hydrogen-bond donors (Lipinski definition) is 5. The molecular formula is C30H40N4O15S2. The lowest BCUT2D eigenvalue weighted by Gasteiger charge is -2.14. The fourth-order valence-electron chi connectivity index (χ4n) is 4.02. The van der Waals surface area contributed by atoms with Gasteiger partial charge in [-0.3, -0.25) is 33.3 Å². The first-order chi connectivity index (χ1) is 24.0. The summed E-state index contributed by atoms with van der Waals surface area (Å²) in [7, 11) is -5.23. The van der Waals surface area contributed by atoms with Gasteiger partial charge in [0.1, 0.15) is 12.3 Å². The SMILES string of the molecule is CCOC(=O)Nc1ccc(S(=O)(=O)OC)cc1.CCOC(=O)Nc1ccc(S(=O)(=O)OC)cc1.Cc1cn(C2CC(O)C(CO)O2)c(=O)[nH]c1=O. The van der Waals surface area contributed by atoms with Crippen molar-refractivity contribution in [3.63, 3.8) is 0 Å². The Bertz CT molecular complexity index is 1840. The molecule has 51 heavy (non-hydrogen) atoms. The first-order valence-electron chi connectivity index (χ1n) is 15.0. The number of benzene rings is 2. The number of amides is 2. The van der Waals surface area contributed by atoms with Gasteiger partial charge in [-0.1, -0.05) is 0 Å². The predicted octanol–water partition coefficient (Wildman–Crippen LogP) is 1.67. The van der Waals surface area contributed by atoms with Gasteiger partial charge in [0.05, 0.1) is 49.9 Å². The first kappa shape index (κ1) is 42.5. The zero-order valence-corrected chi connectivity index (χ0v) is 29.9. The lowest BCUT2D eigenvalue weighted by molar-refractivity contribution is -0.0459. The van der Waals surface area contributed by atoms with E-state index in [1.165, 1.54) is 59.3 Å². The van der Waals surface area contributed by atoms with Gasteiger partial charge in [0, 0.05) is 29.6 Å². The monoisotopic (exact) mass is 760 g/mol. The van der Waals surface area contributed by atoms with Gasteiger partial charge >= 0.3 is 17.9 Å². The average molecular weight is 761 g/mol. The normalized spacial score (nSPS) is 16.8. The number of carbonyl (C=O) groups excluding carboxylic acids is 2. The van der Waals surface area contributed by atoms with E-state index in [2.05, 4.69) is 33.5 Å². The highest BCUT2D eigenvalue weighted by atomic mass is 32.2. The van der Waals surface area contributed by atoms with Crippen molar-refractivity contribution in [3.05, 3.63) is 81.1 Å². The molecule has 0 aliphatic carbocycles. The molecule has 1 aromatic heterocycles. The van der Waals surface area contributed by atoms with Gasteiger partial charge < -0.3 is 24.4 Å². The van der Waals surface area contributed by atoms with E-state index >= 15 is 0 Å². The standard InChI is InChI=1S/C10H14N2O5.2C10H13NO5S/c1-5-3-12(10(16)11-9(5)15)8-2-6(14)7(4-13)17-8;2*1-3-16-10(12)11-8-4-6-9(7-5-8)17(13,14)15-2/h3,6-8,13-14H,2,4H2,1H3,(H,11,15,16);2*4-7H,3H2,1-2H3,(H,11,12). The highest BCUT2D eigenvalue weighted by Gasteiger charge is 2.35. The van der Waals surface area contributed by atoms with E-state index in [9.17, 15) is 41.1 Å². The van der Waals surface area contributed by atoms with Crippen LogP contribution in [0.5, 0.6) is 0 Å². The Balaban J connectivity index is 0.000000265. The molecule has 19 nitrogen and oxygen atoms in total. The Kier molecular flexibility index (Phi) is 16.4. The van der Waals surface area contributed by atoms with E-state index < -0.39 is 62.1 Å². The summed E-state index contributed by atoms with van der Waals surface area (Å²) >= 11 is 0. The number of carbonyl (C=O) groups is 2. The Morgan fingerprint density at radius 1 is 0.863 bits per heavy atom. The molecule has 1 aliphatic heterocycles. The number of H-pyrrole nitrogens is 1. The molecule has 3 atom stereocenters. The number of anilines is 2. The summed E-state index contributed by atoms with van der Waals surface area (Å²) in [6.07, 6.45) is -1.76. The largest absolute Gasteiger partial charge is 0.450 e. The number of aromatic nitrogens is 2. The zero-order chi connectivity index (χ0) is 38.4.